The molecule has 2 rings (SSSR count). The molecule has 2 aromatic heterocycles. The average molecular weight is 296 g/mol. The highest BCUT2D eigenvalue weighted by molar-refractivity contribution is 6.30. The van der Waals surface area contributed by atoms with Crippen molar-refractivity contribution in [3.63, 3.8) is 0 Å². The topological polar surface area (TPSA) is 46.8 Å². The van der Waals surface area contributed by atoms with Crippen LogP contribution >= 0.6 is 11.6 Å². The number of aromatic nitrogens is 2. The Morgan fingerprint density at radius 1 is 1.45 bits per heavy atom. The minimum atomic E-state index is -0.245. The van der Waals surface area contributed by atoms with Crippen LogP contribution in [0.15, 0.2) is 24.5 Å². The van der Waals surface area contributed by atoms with Crippen molar-refractivity contribution in [2.24, 2.45) is 0 Å². The van der Waals surface area contributed by atoms with Crippen molar-refractivity contribution in [3.05, 3.63) is 35.2 Å². The molecular formula is C14H18ClN3O2. The summed E-state index contributed by atoms with van der Waals surface area (Å²) in [6, 6.07) is 3.90. The summed E-state index contributed by atoms with van der Waals surface area (Å²) < 4.78 is 6.60. The first-order valence-electron chi connectivity index (χ1n) is 6.43. The first-order chi connectivity index (χ1) is 9.49. The fourth-order valence-electron chi connectivity index (χ4n) is 1.95. The third-order valence-corrected chi connectivity index (χ3v) is 3.34. The second-order valence-electron chi connectivity index (χ2n) is 4.92. The predicted octanol–water partition coefficient (Wildman–Crippen LogP) is 2.37. The number of hydrogen-bond donors (Lipinski definition) is 0. The van der Waals surface area contributed by atoms with Crippen LogP contribution in [0.3, 0.4) is 0 Å². The molecule has 0 aromatic carbocycles. The van der Waals surface area contributed by atoms with Gasteiger partial charge >= 0.3 is 5.97 Å². The lowest BCUT2D eigenvalue weighted by Gasteiger charge is -2.23. The number of rotatable bonds is 5. The van der Waals surface area contributed by atoms with Crippen LogP contribution in [0.25, 0.3) is 5.65 Å². The van der Waals surface area contributed by atoms with Crippen LogP contribution in [0, 0.1) is 0 Å². The second-order valence-corrected chi connectivity index (χ2v) is 5.36. The maximum Gasteiger partial charge on any atom is 0.319 e. The molecule has 5 nitrogen and oxygen atoms in total. The third-order valence-electron chi connectivity index (χ3n) is 3.12. The Morgan fingerprint density at radius 2 is 2.20 bits per heavy atom. The van der Waals surface area contributed by atoms with Gasteiger partial charge in [-0.2, -0.15) is 0 Å². The smallest absolute Gasteiger partial charge is 0.319 e. The minimum Gasteiger partial charge on any atom is -0.468 e. The number of halogens is 1. The van der Waals surface area contributed by atoms with Gasteiger partial charge in [0, 0.05) is 25.0 Å². The van der Waals surface area contributed by atoms with E-state index >= 15 is 0 Å². The van der Waals surface area contributed by atoms with Gasteiger partial charge in [-0.1, -0.05) is 11.6 Å². The molecule has 0 saturated carbocycles. The molecule has 0 fully saturated rings. The van der Waals surface area contributed by atoms with E-state index < -0.39 is 0 Å². The number of fused-ring (bicyclic) bond motifs is 1. The average Bonchev–Trinajstić information content (AvgIpc) is 2.79. The lowest BCUT2D eigenvalue weighted by Crippen LogP contribution is -2.35. The Labute approximate surface area is 123 Å². The van der Waals surface area contributed by atoms with Gasteiger partial charge in [0.15, 0.2) is 0 Å². The summed E-state index contributed by atoms with van der Waals surface area (Å²) in [4.78, 5) is 18.0. The van der Waals surface area contributed by atoms with Crippen molar-refractivity contribution in [3.8, 4) is 0 Å². The predicted molar refractivity (Wildman–Crippen MR) is 77.8 cm³/mol. The number of carbonyl (C=O) groups is 1. The monoisotopic (exact) mass is 295 g/mol. The highest BCUT2D eigenvalue weighted by atomic mass is 35.5. The van der Waals surface area contributed by atoms with E-state index in [4.69, 9.17) is 16.3 Å². The van der Waals surface area contributed by atoms with E-state index in [0.717, 1.165) is 11.3 Å². The van der Waals surface area contributed by atoms with Gasteiger partial charge in [0.2, 0.25) is 0 Å². The summed E-state index contributed by atoms with van der Waals surface area (Å²) >= 11 is 5.95. The van der Waals surface area contributed by atoms with Gasteiger partial charge in [0.25, 0.3) is 0 Å². The summed E-state index contributed by atoms with van der Waals surface area (Å²) in [6.07, 6.45) is 3.74. The maximum atomic E-state index is 11.4. The Balaban J connectivity index is 2.17. The molecule has 0 aliphatic heterocycles. The molecule has 0 N–H and O–H groups in total. The van der Waals surface area contributed by atoms with Gasteiger partial charge in [-0.25, -0.2) is 4.98 Å². The quantitative estimate of drug-likeness (QED) is 0.795. The summed E-state index contributed by atoms with van der Waals surface area (Å²) in [7, 11) is 1.40. The standard InChI is InChI=1S/C14H18ClN3O2/c1-10(2)17(9-14(19)20-3)7-12-8-18-6-11(15)4-5-13(18)16-12/h4-6,8,10H,7,9H2,1-3H3. The van der Waals surface area contributed by atoms with E-state index in [2.05, 4.69) is 4.98 Å². The minimum absolute atomic E-state index is 0.225. The lowest BCUT2D eigenvalue weighted by atomic mass is 10.3. The van der Waals surface area contributed by atoms with Crippen LogP contribution in [0.1, 0.15) is 19.5 Å². The zero-order valence-corrected chi connectivity index (χ0v) is 12.6. The highest BCUT2D eigenvalue weighted by Crippen LogP contribution is 2.13. The van der Waals surface area contributed by atoms with E-state index in [0.29, 0.717) is 11.6 Å². The largest absolute Gasteiger partial charge is 0.468 e. The van der Waals surface area contributed by atoms with Crippen molar-refractivity contribution in [2.75, 3.05) is 13.7 Å². The van der Waals surface area contributed by atoms with Crippen LogP contribution in [-0.2, 0) is 16.1 Å². The number of imidazole rings is 1. The third kappa shape index (κ3) is 3.49. The van der Waals surface area contributed by atoms with Gasteiger partial charge in [-0.3, -0.25) is 9.69 Å². The number of ether oxygens (including phenoxy) is 1. The van der Waals surface area contributed by atoms with Crippen molar-refractivity contribution in [1.82, 2.24) is 14.3 Å². The van der Waals surface area contributed by atoms with Crippen molar-refractivity contribution in [1.29, 1.82) is 0 Å². The summed E-state index contributed by atoms with van der Waals surface area (Å²) in [5, 5.41) is 0.664. The molecule has 0 aliphatic rings. The van der Waals surface area contributed by atoms with Gasteiger partial charge in [-0.15, -0.1) is 0 Å². The molecule has 0 unspecified atom stereocenters. The normalized spacial score (nSPS) is 11.5. The summed E-state index contributed by atoms with van der Waals surface area (Å²) in [5.74, 6) is -0.245. The summed E-state index contributed by atoms with van der Waals surface area (Å²) in [6.45, 7) is 4.92. The molecule has 6 heteroatoms. The number of esters is 1. The number of nitrogens with zero attached hydrogens (tertiary/aromatic N) is 3. The molecule has 0 aliphatic carbocycles. The molecular weight excluding hydrogens is 278 g/mol. The molecule has 0 atom stereocenters. The number of pyridine rings is 1. The Bertz CT molecular complexity index is 609. The fraction of sp³-hybridized carbons (Fsp3) is 0.429. The zero-order valence-electron chi connectivity index (χ0n) is 11.8. The SMILES string of the molecule is COC(=O)CN(Cc1cn2cc(Cl)ccc2n1)C(C)C. The van der Waals surface area contributed by atoms with Crippen LogP contribution < -0.4 is 0 Å². The molecule has 108 valence electrons. The lowest BCUT2D eigenvalue weighted by molar-refractivity contribution is -0.142. The van der Waals surface area contributed by atoms with E-state index in [1.807, 2.05) is 47.7 Å². The van der Waals surface area contributed by atoms with E-state index in [9.17, 15) is 4.79 Å². The van der Waals surface area contributed by atoms with Crippen LogP contribution in [-0.4, -0.2) is 40.0 Å². The van der Waals surface area contributed by atoms with Gasteiger partial charge in [0.1, 0.15) is 5.65 Å². The molecule has 0 radical (unpaired) electrons. The Morgan fingerprint density at radius 3 is 2.85 bits per heavy atom. The second kappa shape index (κ2) is 6.24. The van der Waals surface area contributed by atoms with E-state index in [-0.39, 0.29) is 18.6 Å². The molecule has 0 amide bonds. The van der Waals surface area contributed by atoms with Crippen molar-refractivity contribution < 1.29 is 9.53 Å². The molecule has 0 spiro atoms. The zero-order chi connectivity index (χ0) is 14.7. The number of methoxy groups -OCH3 is 1. The Kier molecular flexibility index (Phi) is 4.62. The van der Waals surface area contributed by atoms with Crippen molar-refractivity contribution in [2.45, 2.75) is 26.4 Å². The van der Waals surface area contributed by atoms with Gasteiger partial charge < -0.3 is 9.14 Å². The summed E-state index contributed by atoms with van der Waals surface area (Å²) in [5.41, 5.74) is 1.73. The first kappa shape index (κ1) is 14.8. The fourth-order valence-corrected chi connectivity index (χ4v) is 2.12. The van der Waals surface area contributed by atoms with Gasteiger partial charge in [-0.05, 0) is 26.0 Å². The van der Waals surface area contributed by atoms with Crippen LogP contribution in [0.4, 0.5) is 0 Å². The van der Waals surface area contributed by atoms with E-state index in [1.54, 1.807) is 0 Å². The first-order valence-corrected chi connectivity index (χ1v) is 6.81. The molecule has 0 saturated heterocycles. The van der Waals surface area contributed by atoms with E-state index in [1.165, 1.54) is 7.11 Å². The molecule has 2 aromatic rings. The molecule has 2 heterocycles. The highest BCUT2D eigenvalue weighted by Gasteiger charge is 2.16. The Hall–Kier alpha value is -1.59. The van der Waals surface area contributed by atoms with Gasteiger partial charge in [0.05, 0.1) is 24.4 Å². The molecule has 0 bridgehead atoms. The van der Waals surface area contributed by atoms with Crippen LogP contribution in [0.5, 0.6) is 0 Å². The number of carbonyl (C=O) groups excluding carboxylic acids is 1. The molecule has 20 heavy (non-hydrogen) atoms. The maximum absolute atomic E-state index is 11.4. The van der Waals surface area contributed by atoms with Crippen molar-refractivity contribution >= 4 is 23.2 Å². The van der Waals surface area contributed by atoms with Crippen LogP contribution in [0.2, 0.25) is 5.02 Å². The number of hydrogen-bond acceptors (Lipinski definition) is 4.